The van der Waals surface area contributed by atoms with Gasteiger partial charge in [0.2, 0.25) is 0 Å². The molecule has 0 saturated heterocycles. The van der Waals surface area contributed by atoms with E-state index >= 15 is 0 Å². The zero-order chi connectivity index (χ0) is 11.5. The molecule has 0 radical (unpaired) electrons. The quantitative estimate of drug-likeness (QED) is 0.917. The second kappa shape index (κ2) is 4.45. The number of amides is 1. The number of nitrogens with zero attached hydrogens (tertiary/aromatic N) is 1. The minimum Gasteiger partial charge on any atom is -0.366 e. The van der Waals surface area contributed by atoms with Crippen LogP contribution in [0.3, 0.4) is 0 Å². The van der Waals surface area contributed by atoms with Crippen LogP contribution in [0.15, 0.2) is 47.1 Å². The molecule has 0 aliphatic heterocycles. The molecule has 2 rings (SSSR count). The van der Waals surface area contributed by atoms with Crippen LogP contribution in [0.1, 0.15) is 10.4 Å². The van der Waals surface area contributed by atoms with Crippen LogP contribution < -0.4 is 5.73 Å². The number of halogens is 1. The summed E-state index contributed by atoms with van der Waals surface area (Å²) in [7, 11) is 0. The zero-order valence-electron chi connectivity index (χ0n) is 8.35. The van der Waals surface area contributed by atoms with Gasteiger partial charge in [-0.25, -0.2) is 0 Å². The maximum Gasteiger partial charge on any atom is 0.250 e. The van der Waals surface area contributed by atoms with Crippen LogP contribution in [-0.2, 0) is 0 Å². The Labute approximate surface area is 101 Å². The molecule has 0 aliphatic carbocycles. The smallest absolute Gasteiger partial charge is 0.250 e. The third-order valence-electron chi connectivity index (χ3n) is 2.19. The Bertz CT molecular complexity index is 523. The van der Waals surface area contributed by atoms with Gasteiger partial charge in [0.1, 0.15) is 0 Å². The Morgan fingerprint density at radius 3 is 2.50 bits per heavy atom. The number of hydrogen-bond acceptors (Lipinski definition) is 2. The molecule has 1 aromatic carbocycles. The highest BCUT2D eigenvalue weighted by Gasteiger charge is 2.10. The predicted molar refractivity (Wildman–Crippen MR) is 65.9 cm³/mol. The van der Waals surface area contributed by atoms with E-state index in [2.05, 4.69) is 20.9 Å². The van der Waals surface area contributed by atoms with Crippen molar-refractivity contribution in [3.05, 3.63) is 52.6 Å². The molecule has 3 nitrogen and oxygen atoms in total. The summed E-state index contributed by atoms with van der Waals surface area (Å²) in [4.78, 5) is 15.4. The second-order valence-electron chi connectivity index (χ2n) is 3.27. The summed E-state index contributed by atoms with van der Waals surface area (Å²) < 4.78 is 0.979. The van der Waals surface area contributed by atoms with Gasteiger partial charge in [0.25, 0.3) is 5.91 Å². The van der Waals surface area contributed by atoms with Crippen LogP contribution in [0.5, 0.6) is 0 Å². The Kier molecular flexibility index (Phi) is 3.01. The fourth-order valence-electron chi connectivity index (χ4n) is 1.44. The Morgan fingerprint density at radius 2 is 1.88 bits per heavy atom. The van der Waals surface area contributed by atoms with Gasteiger partial charge in [-0.2, -0.15) is 0 Å². The molecule has 16 heavy (non-hydrogen) atoms. The molecule has 0 saturated carbocycles. The van der Waals surface area contributed by atoms with E-state index in [1.54, 1.807) is 18.3 Å². The van der Waals surface area contributed by atoms with E-state index < -0.39 is 5.91 Å². The average Bonchev–Trinajstić information content (AvgIpc) is 2.30. The van der Waals surface area contributed by atoms with Crippen LogP contribution in [0, 0.1) is 0 Å². The minimum absolute atomic E-state index is 0.435. The number of primary amides is 1. The third-order valence-corrected chi connectivity index (χ3v) is 2.72. The first kappa shape index (κ1) is 10.8. The van der Waals surface area contributed by atoms with Crippen molar-refractivity contribution in [2.24, 2.45) is 5.73 Å². The van der Waals surface area contributed by atoms with Gasteiger partial charge in [0, 0.05) is 16.2 Å². The molecule has 1 amide bonds. The number of rotatable bonds is 2. The van der Waals surface area contributed by atoms with E-state index in [0.717, 1.165) is 10.0 Å². The average molecular weight is 277 g/mol. The van der Waals surface area contributed by atoms with E-state index in [-0.39, 0.29) is 0 Å². The van der Waals surface area contributed by atoms with E-state index in [1.165, 1.54) is 0 Å². The van der Waals surface area contributed by atoms with Gasteiger partial charge in [0.15, 0.2) is 0 Å². The molecule has 0 unspecified atom stereocenters. The first-order chi connectivity index (χ1) is 7.68. The topological polar surface area (TPSA) is 56.0 Å². The van der Waals surface area contributed by atoms with Crippen molar-refractivity contribution in [2.45, 2.75) is 0 Å². The van der Waals surface area contributed by atoms with Gasteiger partial charge >= 0.3 is 0 Å². The SMILES string of the molecule is NC(=O)c1cccnc1-c1ccc(Br)cc1. The van der Waals surface area contributed by atoms with Gasteiger partial charge in [-0.3, -0.25) is 9.78 Å². The summed E-state index contributed by atoms with van der Waals surface area (Å²) in [5, 5.41) is 0. The van der Waals surface area contributed by atoms with Crippen LogP contribution >= 0.6 is 15.9 Å². The molecule has 1 aromatic heterocycles. The van der Waals surface area contributed by atoms with Crippen molar-refractivity contribution in [1.82, 2.24) is 4.98 Å². The van der Waals surface area contributed by atoms with Crippen molar-refractivity contribution in [3.63, 3.8) is 0 Å². The number of benzene rings is 1. The Morgan fingerprint density at radius 1 is 1.19 bits per heavy atom. The lowest BCUT2D eigenvalue weighted by molar-refractivity contribution is 0.100. The van der Waals surface area contributed by atoms with E-state index in [4.69, 9.17) is 5.73 Å². The lowest BCUT2D eigenvalue weighted by Crippen LogP contribution is -2.12. The van der Waals surface area contributed by atoms with Crippen molar-refractivity contribution in [2.75, 3.05) is 0 Å². The van der Waals surface area contributed by atoms with Gasteiger partial charge in [-0.1, -0.05) is 28.1 Å². The Balaban J connectivity index is 2.55. The summed E-state index contributed by atoms with van der Waals surface area (Å²) in [6, 6.07) is 10.9. The third kappa shape index (κ3) is 2.12. The van der Waals surface area contributed by atoms with Crippen LogP contribution in [-0.4, -0.2) is 10.9 Å². The maximum atomic E-state index is 11.2. The molecular weight excluding hydrogens is 268 g/mol. The van der Waals surface area contributed by atoms with Gasteiger partial charge in [-0.15, -0.1) is 0 Å². The highest BCUT2D eigenvalue weighted by molar-refractivity contribution is 9.10. The lowest BCUT2D eigenvalue weighted by Gasteiger charge is -2.05. The number of aromatic nitrogens is 1. The fraction of sp³-hybridized carbons (Fsp3) is 0. The summed E-state index contributed by atoms with van der Waals surface area (Å²) >= 11 is 3.35. The van der Waals surface area contributed by atoms with Gasteiger partial charge in [0.05, 0.1) is 11.3 Å². The molecule has 0 atom stereocenters. The number of pyridine rings is 1. The summed E-state index contributed by atoms with van der Waals surface area (Å²) in [6.45, 7) is 0. The van der Waals surface area contributed by atoms with Crippen LogP contribution in [0.2, 0.25) is 0 Å². The van der Waals surface area contributed by atoms with E-state index in [9.17, 15) is 4.79 Å². The van der Waals surface area contributed by atoms with E-state index in [0.29, 0.717) is 11.3 Å². The van der Waals surface area contributed by atoms with Gasteiger partial charge < -0.3 is 5.73 Å². The summed E-state index contributed by atoms with van der Waals surface area (Å²) in [5.41, 5.74) is 7.21. The van der Waals surface area contributed by atoms with Crippen LogP contribution in [0.25, 0.3) is 11.3 Å². The number of carbonyl (C=O) groups excluding carboxylic acids is 1. The van der Waals surface area contributed by atoms with Crippen molar-refractivity contribution < 1.29 is 4.79 Å². The minimum atomic E-state index is -0.467. The number of carbonyl (C=O) groups is 1. The number of hydrogen-bond donors (Lipinski definition) is 1. The van der Waals surface area contributed by atoms with Crippen LogP contribution in [0.4, 0.5) is 0 Å². The lowest BCUT2D eigenvalue weighted by atomic mass is 10.1. The highest BCUT2D eigenvalue weighted by atomic mass is 79.9. The zero-order valence-corrected chi connectivity index (χ0v) is 9.94. The molecule has 4 heteroatoms. The molecule has 0 aliphatic rings. The normalized spacial score (nSPS) is 10.1. The fourth-order valence-corrected chi connectivity index (χ4v) is 1.71. The molecule has 1 heterocycles. The van der Waals surface area contributed by atoms with Crippen molar-refractivity contribution in [3.8, 4) is 11.3 Å². The molecule has 0 bridgehead atoms. The standard InChI is InChI=1S/C12H9BrN2O/c13-9-5-3-8(4-6-9)11-10(12(14)16)2-1-7-15-11/h1-7H,(H2,14,16). The second-order valence-corrected chi connectivity index (χ2v) is 4.19. The van der Waals surface area contributed by atoms with Gasteiger partial charge in [-0.05, 0) is 24.3 Å². The summed E-state index contributed by atoms with van der Waals surface area (Å²) in [6.07, 6.45) is 1.64. The highest BCUT2D eigenvalue weighted by Crippen LogP contribution is 2.22. The number of nitrogens with two attached hydrogens (primary N) is 1. The summed E-state index contributed by atoms with van der Waals surface area (Å²) in [5.74, 6) is -0.467. The van der Waals surface area contributed by atoms with Crippen molar-refractivity contribution in [1.29, 1.82) is 0 Å². The molecule has 2 aromatic rings. The van der Waals surface area contributed by atoms with E-state index in [1.807, 2.05) is 24.3 Å². The Hall–Kier alpha value is -1.68. The van der Waals surface area contributed by atoms with Crippen molar-refractivity contribution >= 4 is 21.8 Å². The molecule has 0 spiro atoms. The first-order valence-corrected chi connectivity index (χ1v) is 5.48. The molecule has 80 valence electrons. The molecule has 2 N–H and O–H groups in total. The predicted octanol–water partition coefficient (Wildman–Crippen LogP) is 2.61. The molecule has 0 fully saturated rings. The first-order valence-electron chi connectivity index (χ1n) is 4.69. The maximum absolute atomic E-state index is 11.2. The monoisotopic (exact) mass is 276 g/mol. The largest absolute Gasteiger partial charge is 0.366 e. The molecular formula is C12H9BrN2O.